The molecule has 0 aromatic rings. The van der Waals surface area contributed by atoms with E-state index in [1.165, 1.54) is 0 Å². The number of carbonyl (C=O) groups excluding carboxylic acids is 1. The second-order valence-electron chi connectivity index (χ2n) is 7.25. The lowest BCUT2D eigenvalue weighted by Gasteiger charge is -2.34. The first-order chi connectivity index (χ1) is 12.9. The second kappa shape index (κ2) is 10.8. The molecule has 2 aliphatic heterocycles. The van der Waals surface area contributed by atoms with Gasteiger partial charge in [-0.25, -0.2) is 13.1 Å². The molecule has 2 unspecified atom stereocenters. The van der Waals surface area contributed by atoms with E-state index >= 15 is 0 Å². The van der Waals surface area contributed by atoms with Crippen molar-refractivity contribution < 1.29 is 17.9 Å². The van der Waals surface area contributed by atoms with Gasteiger partial charge in [-0.3, -0.25) is 9.79 Å². The molecule has 156 valence electrons. The molecule has 4 N–H and O–H groups in total. The van der Waals surface area contributed by atoms with E-state index in [0.717, 1.165) is 38.6 Å². The van der Waals surface area contributed by atoms with Crippen molar-refractivity contribution in [2.75, 3.05) is 45.6 Å². The molecule has 0 saturated carbocycles. The van der Waals surface area contributed by atoms with Crippen LogP contribution in [0.1, 0.15) is 38.5 Å². The molecule has 27 heavy (non-hydrogen) atoms. The maximum atomic E-state index is 12.2. The number of piperidine rings is 1. The highest BCUT2D eigenvalue weighted by molar-refractivity contribution is 7.89. The monoisotopic (exact) mass is 403 g/mol. The number of guanidine groups is 1. The number of likely N-dealkylation sites (tertiary alicyclic amines) is 1. The average molecular weight is 404 g/mol. The molecule has 0 radical (unpaired) electrons. The highest BCUT2D eigenvalue weighted by Crippen LogP contribution is 2.19. The van der Waals surface area contributed by atoms with Crippen LogP contribution in [0, 0.1) is 5.92 Å². The Morgan fingerprint density at radius 2 is 2.11 bits per heavy atom. The Kier molecular flexibility index (Phi) is 8.78. The molecule has 0 aromatic carbocycles. The van der Waals surface area contributed by atoms with E-state index in [-0.39, 0.29) is 30.2 Å². The summed E-state index contributed by atoms with van der Waals surface area (Å²) in [5, 5.41) is 3.12. The van der Waals surface area contributed by atoms with Crippen molar-refractivity contribution in [3.8, 4) is 0 Å². The number of nitrogens with one attached hydrogen (secondary N) is 2. The normalized spacial score (nSPS) is 24.6. The summed E-state index contributed by atoms with van der Waals surface area (Å²) in [6.07, 6.45) is 5.30. The third-order valence-corrected chi connectivity index (χ3v) is 6.33. The fourth-order valence-electron chi connectivity index (χ4n) is 3.60. The molecule has 2 saturated heterocycles. The molecule has 0 bridgehead atoms. The lowest BCUT2D eigenvalue weighted by molar-refractivity contribution is -0.119. The van der Waals surface area contributed by atoms with Crippen LogP contribution in [0.25, 0.3) is 0 Å². The van der Waals surface area contributed by atoms with E-state index in [1.807, 2.05) is 0 Å². The molecule has 0 aliphatic carbocycles. The molecule has 0 aromatic heterocycles. The fraction of sp³-hybridized carbons (Fsp3) is 0.882. The molecule has 2 aliphatic rings. The number of nitrogens with two attached hydrogens (primary N) is 1. The van der Waals surface area contributed by atoms with Crippen LogP contribution in [-0.4, -0.2) is 76.9 Å². The predicted octanol–water partition coefficient (Wildman–Crippen LogP) is -0.362. The summed E-state index contributed by atoms with van der Waals surface area (Å²) in [5.74, 6) is 0.562. The van der Waals surface area contributed by atoms with E-state index in [1.54, 1.807) is 7.05 Å². The SMILES string of the molecule is CN=C(NCCS(=O)(=O)NCC1CCCCO1)N1CCCC(CC(N)=O)C1. The lowest BCUT2D eigenvalue weighted by Crippen LogP contribution is -2.48. The average Bonchev–Trinajstić information content (AvgIpc) is 2.64. The first-order valence-corrected chi connectivity index (χ1v) is 11.4. The standard InChI is InChI=1S/C17H33N5O4S/c1-19-17(22-8-4-5-14(13-22)11-16(18)23)20-7-10-27(24,25)21-12-15-6-2-3-9-26-15/h14-15,21H,2-13H2,1H3,(H2,18,23)(H,19,20). The van der Waals surface area contributed by atoms with Gasteiger partial charge in [0.2, 0.25) is 15.9 Å². The molecular weight excluding hydrogens is 370 g/mol. The predicted molar refractivity (Wildman–Crippen MR) is 105 cm³/mol. The Morgan fingerprint density at radius 1 is 1.30 bits per heavy atom. The summed E-state index contributed by atoms with van der Waals surface area (Å²) < 4.78 is 32.5. The van der Waals surface area contributed by atoms with Crippen LogP contribution in [0.5, 0.6) is 0 Å². The largest absolute Gasteiger partial charge is 0.377 e. The molecule has 1 amide bonds. The van der Waals surface area contributed by atoms with Gasteiger partial charge in [0.05, 0.1) is 11.9 Å². The van der Waals surface area contributed by atoms with Crippen molar-refractivity contribution in [1.82, 2.24) is 14.9 Å². The van der Waals surface area contributed by atoms with Gasteiger partial charge >= 0.3 is 0 Å². The highest BCUT2D eigenvalue weighted by atomic mass is 32.2. The van der Waals surface area contributed by atoms with E-state index in [0.29, 0.717) is 32.1 Å². The number of nitrogens with zero attached hydrogens (tertiary/aromatic N) is 2. The van der Waals surface area contributed by atoms with Crippen LogP contribution in [0.3, 0.4) is 0 Å². The molecule has 2 atom stereocenters. The Bertz CT molecular complexity index is 604. The zero-order chi connectivity index (χ0) is 19.7. The van der Waals surface area contributed by atoms with Crippen LogP contribution in [-0.2, 0) is 19.6 Å². The summed E-state index contributed by atoms with van der Waals surface area (Å²) >= 11 is 0. The van der Waals surface area contributed by atoms with Crippen molar-refractivity contribution >= 4 is 21.9 Å². The third kappa shape index (κ3) is 8.02. The number of carbonyl (C=O) groups is 1. The summed E-state index contributed by atoms with van der Waals surface area (Å²) in [7, 11) is -1.70. The smallest absolute Gasteiger partial charge is 0.217 e. The topological polar surface area (TPSA) is 126 Å². The minimum Gasteiger partial charge on any atom is -0.377 e. The Morgan fingerprint density at radius 3 is 2.78 bits per heavy atom. The van der Waals surface area contributed by atoms with Gasteiger partial charge in [-0.2, -0.15) is 0 Å². The van der Waals surface area contributed by atoms with Gasteiger partial charge in [0.1, 0.15) is 0 Å². The van der Waals surface area contributed by atoms with Gasteiger partial charge in [-0.05, 0) is 38.0 Å². The number of aliphatic imine (C=N–C) groups is 1. The van der Waals surface area contributed by atoms with Gasteiger partial charge in [0.25, 0.3) is 0 Å². The van der Waals surface area contributed by atoms with Crippen molar-refractivity contribution in [2.45, 2.75) is 44.6 Å². The number of ether oxygens (including phenoxy) is 1. The zero-order valence-corrected chi connectivity index (χ0v) is 17.0. The van der Waals surface area contributed by atoms with Gasteiger partial charge in [-0.1, -0.05) is 0 Å². The van der Waals surface area contributed by atoms with Crippen LogP contribution < -0.4 is 15.8 Å². The van der Waals surface area contributed by atoms with Crippen LogP contribution >= 0.6 is 0 Å². The van der Waals surface area contributed by atoms with Gasteiger partial charge < -0.3 is 20.7 Å². The van der Waals surface area contributed by atoms with Gasteiger partial charge in [-0.15, -0.1) is 0 Å². The lowest BCUT2D eigenvalue weighted by atomic mass is 9.95. The number of amides is 1. The quantitative estimate of drug-likeness (QED) is 0.375. The van der Waals surface area contributed by atoms with Gasteiger partial charge in [0.15, 0.2) is 5.96 Å². The van der Waals surface area contributed by atoms with Gasteiger partial charge in [0, 0.05) is 46.3 Å². The molecule has 0 spiro atoms. The molecule has 10 heteroatoms. The van der Waals surface area contributed by atoms with E-state index in [9.17, 15) is 13.2 Å². The van der Waals surface area contributed by atoms with Crippen molar-refractivity contribution in [3.63, 3.8) is 0 Å². The minimum atomic E-state index is -3.37. The van der Waals surface area contributed by atoms with Crippen LogP contribution in [0.15, 0.2) is 4.99 Å². The molecular formula is C17H33N5O4S. The maximum absolute atomic E-state index is 12.2. The Labute approximate surface area is 162 Å². The Hall–Kier alpha value is -1.39. The second-order valence-corrected chi connectivity index (χ2v) is 9.18. The molecule has 2 fully saturated rings. The van der Waals surface area contributed by atoms with E-state index in [2.05, 4.69) is 19.9 Å². The molecule has 2 heterocycles. The number of sulfonamides is 1. The highest BCUT2D eigenvalue weighted by Gasteiger charge is 2.24. The summed E-state index contributed by atoms with van der Waals surface area (Å²) in [6, 6.07) is 0. The van der Waals surface area contributed by atoms with Crippen molar-refractivity contribution in [2.24, 2.45) is 16.6 Å². The van der Waals surface area contributed by atoms with E-state index in [4.69, 9.17) is 10.5 Å². The number of rotatable bonds is 8. The van der Waals surface area contributed by atoms with Crippen molar-refractivity contribution in [3.05, 3.63) is 0 Å². The molecule has 9 nitrogen and oxygen atoms in total. The number of hydrogen-bond acceptors (Lipinski definition) is 5. The maximum Gasteiger partial charge on any atom is 0.217 e. The fourth-order valence-corrected chi connectivity index (χ4v) is 4.55. The third-order valence-electron chi connectivity index (χ3n) is 4.98. The van der Waals surface area contributed by atoms with Crippen LogP contribution in [0.2, 0.25) is 0 Å². The number of primary amides is 1. The zero-order valence-electron chi connectivity index (χ0n) is 16.2. The number of hydrogen-bond donors (Lipinski definition) is 3. The first kappa shape index (κ1) is 21.9. The van der Waals surface area contributed by atoms with E-state index < -0.39 is 10.0 Å². The van der Waals surface area contributed by atoms with Crippen LogP contribution in [0.4, 0.5) is 0 Å². The Balaban J connectivity index is 1.73. The summed E-state index contributed by atoms with van der Waals surface area (Å²) in [5.41, 5.74) is 5.30. The van der Waals surface area contributed by atoms with Crippen molar-refractivity contribution in [1.29, 1.82) is 0 Å². The molecule has 2 rings (SSSR count). The summed E-state index contributed by atoms with van der Waals surface area (Å²) in [4.78, 5) is 17.5. The first-order valence-electron chi connectivity index (χ1n) is 9.72. The minimum absolute atomic E-state index is 0.0233. The summed E-state index contributed by atoms with van der Waals surface area (Å²) in [6.45, 7) is 2.84.